The first-order valence-electron chi connectivity index (χ1n) is 9.75. The van der Waals surface area contributed by atoms with Gasteiger partial charge in [0, 0.05) is 36.3 Å². The number of benzene rings is 1. The maximum absolute atomic E-state index is 13.2. The molecule has 0 N–H and O–H groups in total. The van der Waals surface area contributed by atoms with Crippen LogP contribution in [0.25, 0.3) is 11.3 Å². The van der Waals surface area contributed by atoms with Crippen molar-refractivity contribution >= 4 is 5.91 Å². The van der Waals surface area contributed by atoms with Crippen molar-refractivity contribution in [1.82, 2.24) is 19.9 Å². The Morgan fingerprint density at radius 3 is 2.64 bits per heavy atom. The van der Waals surface area contributed by atoms with Crippen LogP contribution in [0.1, 0.15) is 52.6 Å². The fourth-order valence-electron chi connectivity index (χ4n) is 3.84. The van der Waals surface area contributed by atoms with Gasteiger partial charge in [0.05, 0.1) is 23.1 Å². The monoisotopic (exact) mass is 372 g/mol. The van der Waals surface area contributed by atoms with Crippen molar-refractivity contribution < 1.29 is 4.79 Å². The van der Waals surface area contributed by atoms with Gasteiger partial charge in [-0.15, -0.1) is 0 Å². The Morgan fingerprint density at radius 1 is 1.07 bits per heavy atom. The van der Waals surface area contributed by atoms with Crippen LogP contribution in [0.2, 0.25) is 0 Å². The molecule has 1 aliphatic rings. The van der Waals surface area contributed by atoms with Crippen LogP contribution in [-0.2, 0) is 0 Å². The molecule has 4 rings (SSSR count). The highest BCUT2D eigenvalue weighted by Crippen LogP contribution is 2.32. The molecule has 1 aliphatic heterocycles. The van der Waals surface area contributed by atoms with Crippen molar-refractivity contribution in [1.29, 1.82) is 0 Å². The zero-order chi connectivity index (χ0) is 19.5. The average molecular weight is 372 g/mol. The standard InChI is InChI=1S/C23H24N4O/c1-16-14-25-17(2)22(26-16)18-8-10-19(11-9-18)23(28)27-13-4-3-7-21(27)20-6-5-12-24-15-20/h5-6,8-12,14-15,21H,3-4,7,13H2,1-2H3/t21-/m0/s1. The third kappa shape index (κ3) is 3.65. The topological polar surface area (TPSA) is 59.0 Å². The van der Waals surface area contributed by atoms with Crippen molar-refractivity contribution in [3.63, 3.8) is 0 Å². The fourth-order valence-corrected chi connectivity index (χ4v) is 3.84. The number of piperidine rings is 1. The lowest BCUT2D eigenvalue weighted by Crippen LogP contribution is -2.38. The molecule has 0 saturated carbocycles. The Labute approximate surface area is 165 Å². The number of hydrogen-bond acceptors (Lipinski definition) is 4. The van der Waals surface area contributed by atoms with Gasteiger partial charge in [-0.1, -0.05) is 18.2 Å². The van der Waals surface area contributed by atoms with E-state index in [1.165, 1.54) is 0 Å². The van der Waals surface area contributed by atoms with Crippen LogP contribution in [0.4, 0.5) is 0 Å². The third-order valence-electron chi connectivity index (χ3n) is 5.31. The minimum atomic E-state index is 0.0761. The molecule has 3 heterocycles. The van der Waals surface area contributed by atoms with E-state index in [0.29, 0.717) is 5.56 Å². The number of carbonyl (C=O) groups excluding carboxylic acids is 1. The van der Waals surface area contributed by atoms with Crippen LogP contribution in [-0.4, -0.2) is 32.3 Å². The minimum absolute atomic E-state index is 0.0761. The summed E-state index contributed by atoms with van der Waals surface area (Å²) >= 11 is 0. The van der Waals surface area contributed by atoms with E-state index >= 15 is 0 Å². The second-order valence-corrected chi connectivity index (χ2v) is 7.32. The number of aromatic nitrogens is 3. The van der Waals surface area contributed by atoms with E-state index in [4.69, 9.17) is 0 Å². The van der Waals surface area contributed by atoms with E-state index in [1.54, 1.807) is 12.4 Å². The number of pyridine rings is 1. The van der Waals surface area contributed by atoms with E-state index in [1.807, 2.05) is 55.3 Å². The summed E-state index contributed by atoms with van der Waals surface area (Å²) in [6.07, 6.45) is 8.57. The van der Waals surface area contributed by atoms with Crippen molar-refractivity contribution in [3.05, 3.63) is 77.5 Å². The van der Waals surface area contributed by atoms with E-state index < -0.39 is 0 Å². The number of nitrogens with zero attached hydrogens (tertiary/aromatic N) is 4. The highest BCUT2D eigenvalue weighted by Gasteiger charge is 2.28. The molecule has 142 valence electrons. The second kappa shape index (κ2) is 7.89. The van der Waals surface area contributed by atoms with Gasteiger partial charge in [-0.3, -0.25) is 14.8 Å². The van der Waals surface area contributed by atoms with E-state index in [9.17, 15) is 4.79 Å². The van der Waals surface area contributed by atoms with Crippen molar-refractivity contribution in [2.45, 2.75) is 39.2 Å². The summed E-state index contributed by atoms with van der Waals surface area (Å²) in [5.74, 6) is 0.0761. The summed E-state index contributed by atoms with van der Waals surface area (Å²) in [5.41, 5.74) is 5.43. The minimum Gasteiger partial charge on any atom is -0.332 e. The van der Waals surface area contributed by atoms with Gasteiger partial charge in [-0.05, 0) is 56.9 Å². The summed E-state index contributed by atoms with van der Waals surface area (Å²) < 4.78 is 0. The first kappa shape index (κ1) is 18.3. The quantitative estimate of drug-likeness (QED) is 0.678. The third-order valence-corrected chi connectivity index (χ3v) is 5.31. The van der Waals surface area contributed by atoms with Gasteiger partial charge >= 0.3 is 0 Å². The molecule has 1 saturated heterocycles. The number of amides is 1. The first-order valence-corrected chi connectivity index (χ1v) is 9.75. The predicted octanol–water partition coefficient (Wildman–Crippen LogP) is 4.52. The summed E-state index contributed by atoms with van der Waals surface area (Å²) in [4.78, 5) is 28.4. The Kier molecular flexibility index (Phi) is 5.15. The molecular formula is C23H24N4O. The van der Waals surface area contributed by atoms with Gasteiger partial charge in [-0.2, -0.15) is 0 Å². The molecule has 2 aromatic heterocycles. The zero-order valence-corrected chi connectivity index (χ0v) is 16.3. The van der Waals surface area contributed by atoms with E-state index in [-0.39, 0.29) is 11.9 Å². The van der Waals surface area contributed by atoms with Crippen LogP contribution in [0.5, 0.6) is 0 Å². The van der Waals surface area contributed by atoms with Crippen LogP contribution < -0.4 is 0 Å². The lowest BCUT2D eigenvalue weighted by Gasteiger charge is -2.36. The number of hydrogen-bond donors (Lipinski definition) is 0. The van der Waals surface area contributed by atoms with Gasteiger partial charge < -0.3 is 4.90 Å². The molecular weight excluding hydrogens is 348 g/mol. The number of likely N-dealkylation sites (tertiary alicyclic amines) is 1. The molecule has 0 spiro atoms. The Bertz CT molecular complexity index is 970. The first-order chi connectivity index (χ1) is 13.6. The normalized spacial score (nSPS) is 16.8. The van der Waals surface area contributed by atoms with Crippen LogP contribution >= 0.6 is 0 Å². The molecule has 0 unspecified atom stereocenters. The molecule has 0 bridgehead atoms. The van der Waals surface area contributed by atoms with Crippen LogP contribution in [0.3, 0.4) is 0 Å². The van der Waals surface area contributed by atoms with Crippen LogP contribution in [0.15, 0.2) is 55.0 Å². The molecule has 28 heavy (non-hydrogen) atoms. The van der Waals surface area contributed by atoms with Gasteiger partial charge in [0.25, 0.3) is 5.91 Å². The molecule has 1 fully saturated rings. The largest absolute Gasteiger partial charge is 0.332 e. The van der Waals surface area contributed by atoms with E-state index in [2.05, 4.69) is 21.0 Å². The van der Waals surface area contributed by atoms with Gasteiger partial charge in [0.15, 0.2) is 0 Å². The smallest absolute Gasteiger partial charge is 0.254 e. The van der Waals surface area contributed by atoms with E-state index in [0.717, 1.165) is 54.0 Å². The lowest BCUT2D eigenvalue weighted by molar-refractivity contribution is 0.0611. The Balaban J connectivity index is 1.60. The van der Waals surface area contributed by atoms with Gasteiger partial charge in [0.2, 0.25) is 0 Å². The SMILES string of the molecule is Cc1cnc(C)c(-c2ccc(C(=O)N3CCCC[C@H]3c3cccnc3)cc2)n1. The van der Waals surface area contributed by atoms with Crippen LogP contribution in [0, 0.1) is 13.8 Å². The zero-order valence-electron chi connectivity index (χ0n) is 16.3. The summed E-state index contributed by atoms with van der Waals surface area (Å²) in [5, 5.41) is 0. The predicted molar refractivity (Wildman–Crippen MR) is 109 cm³/mol. The molecule has 1 aromatic carbocycles. The molecule has 5 nitrogen and oxygen atoms in total. The molecule has 0 radical (unpaired) electrons. The average Bonchev–Trinajstić information content (AvgIpc) is 2.76. The van der Waals surface area contributed by atoms with Gasteiger partial charge in [-0.25, -0.2) is 4.98 Å². The summed E-state index contributed by atoms with van der Waals surface area (Å²) in [6, 6.07) is 11.8. The second-order valence-electron chi connectivity index (χ2n) is 7.32. The number of rotatable bonds is 3. The van der Waals surface area contributed by atoms with Crippen molar-refractivity contribution in [3.8, 4) is 11.3 Å². The fraction of sp³-hybridized carbons (Fsp3) is 0.304. The summed E-state index contributed by atoms with van der Waals surface area (Å²) in [6.45, 7) is 4.67. The van der Waals surface area contributed by atoms with Gasteiger partial charge in [0.1, 0.15) is 0 Å². The maximum Gasteiger partial charge on any atom is 0.254 e. The maximum atomic E-state index is 13.2. The molecule has 3 aromatic rings. The molecule has 0 aliphatic carbocycles. The molecule has 1 atom stereocenters. The van der Waals surface area contributed by atoms with Crippen molar-refractivity contribution in [2.75, 3.05) is 6.54 Å². The lowest BCUT2D eigenvalue weighted by atomic mass is 9.95. The Hall–Kier alpha value is -3.08. The summed E-state index contributed by atoms with van der Waals surface area (Å²) in [7, 11) is 0. The molecule has 1 amide bonds. The number of aryl methyl sites for hydroxylation is 2. The highest BCUT2D eigenvalue weighted by molar-refractivity contribution is 5.95. The number of carbonyl (C=O) groups is 1. The molecule has 5 heteroatoms. The highest BCUT2D eigenvalue weighted by atomic mass is 16.2. The Morgan fingerprint density at radius 2 is 1.89 bits per heavy atom. The van der Waals surface area contributed by atoms with Crippen molar-refractivity contribution in [2.24, 2.45) is 0 Å².